The Morgan fingerprint density at radius 2 is 1.88 bits per heavy atom. The van der Waals surface area contributed by atoms with Crippen LogP contribution in [0.3, 0.4) is 0 Å². The molecule has 0 radical (unpaired) electrons. The zero-order valence-electron chi connectivity index (χ0n) is 14.9. The van der Waals surface area contributed by atoms with Gasteiger partial charge in [0.05, 0.1) is 0 Å². The van der Waals surface area contributed by atoms with Crippen molar-refractivity contribution in [3.63, 3.8) is 0 Å². The van der Waals surface area contributed by atoms with E-state index in [1.54, 1.807) is 7.11 Å². The number of methoxy groups -OCH3 is 1. The zero-order valence-corrected chi connectivity index (χ0v) is 17.2. The first-order valence-corrected chi connectivity index (χ1v) is 8.62. The highest BCUT2D eigenvalue weighted by Gasteiger charge is 2.19. The summed E-state index contributed by atoms with van der Waals surface area (Å²) < 4.78 is 5.09. The molecule has 1 saturated heterocycles. The Morgan fingerprint density at radius 3 is 2.50 bits per heavy atom. The molecule has 0 unspecified atom stereocenters. The molecular formula is C18H31IN4O. The maximum absolute atomic E-state index is 5.09. The molecule has 1 fully saturated rings. The van der Waals surface area contributed by atoms with E-state index >= 15 is 0 Å². The maximum Gasteiger partial charge on any atom is 0.194 e. The van der Waals surface area contributed by atoms with Crippen molar-refractivity contribution >= 4 is 29.9 Å². The molecule has 0 spiro atoms. The van der Waals surface area contributed by atoms with Gasteiger partial charge in [0, 0.05) is 59.5 Å². The molecule has 6 heteroatoms. The standard InChI is InChI=1S/C18H30N4O.HI/c1-3-19-18(20-10-7-15-23-2)22-13-11-21(12-14-22)16-17-8-5-4-6-9-17;/h4-6,8-9H,3,7,10-16H2,1-2H3,(H,19,20);1H. The minimum Gasteiger partial charge on any atom is -0.385 e. The van der Waals surface area contributed by atoms with Crippen LogP contribution in [0.4, 0.5) is 0 Å². The van der Waals surface area contributed by atoms with Crippen molar-refractivity contribution in [2.75, 3.05) is 53.0 Å². The number of hydrogen-bond acceptors (Lipinski definition) is 3. The van der Waals surface area contributed by atoms with E-state index in [1.807, 2.05) is 0 Å². The molecule has 2 rings (SSSR count). The monoisotopic (exact) mass is 446 g/mol. The van der Waals surface area contributed by atoms with Gasteiger partial charge in [-0.05, 0) is 18.9 Å². The molecule has 24 heavy (non-hydrogen) atoms. The van der Waals surface area contributed by atoms with E-state index in [4.69, 9.17) is 9.73 Å². The Bertz CT molecular complexity index is 461. The number of hydrogen-bond donors (Lipinski definition) is 1. The maximum atomic E-state index is 5.09. The molecule has 1 heterocycles. The number of ether oxygens (including phenoxy) is 1. The van der Waals surface area contributed by atoms with E-state index in [1.165, 1.54) is 5.56 Å². The van der Waals surface area contributed by atoms with Crippen molar-refractivity contribution < 1.29 is 4.74 Å². The summed E-state index contributed by atoms with van der Waals surface area (Å²) in [6, 6.07) is 10.7. The van der Waals surface area contributed by atoms with Crippen LogP contribution in [-0.4, -0.2) is 68.7 Å². The van der Waals surface area contributed by atoms with Crippen molar-refractivity contribution in [2.45, 2.75) is 19.9 Å². The summed E-state index contributed by atoms with van der Waals surface area (Å²) in [4.78, 5) is 9.60. The van der Waals surface area contributed by atoms with Gasteiger partial charge in [0.15, 0.2) is 5.96 Å². The number of nitrogens with one attached hydrogen (secondary N) is 1. The van der Waals surface area contributed by atoms with Gasteiger partial charge in [0.1, 0.15) is 0 Å². The van der Waals surface area contributed by atoms with Crippen LogP contribution < -0.4 is 5.32 Å². The minimum atomic E-state index is 0. The smallest absolute Gasteiger partial charge is 0.194 e. The third-order valence-electron chi connectivity index (χ3n) is 4.02. The predicted octanol–water partition coefficient (Wildman–Crippen LogP) is 2.42. The first-order chi connectivity index (χ1) is 11.3. The van der Waals surface area contributed by atoms with Crippen LogP contribution in [-0.2, 0) is 11.3 Å². The van der Waals surface area contributed by atoms with Crippen LogP contribution in [0.5, 0.6) is 0 Å². The third kappa shape index (κ3) is 7.36. The van der Waals surface area contributed by atoms with E-state index in [-0.39, 0.29) is 24.0 Å². The molecule has 0 aliphatic carbocycles. The second kappa shape index (κ2) is 12.5. The summed E-state index contributed by atoms with van der Waals surface area (Å²) >= 11 is 0. The Hall–Kier alpha value is -0.860. The predicted molar refractivity (Wildman–Crippen MR) is 111 cm³/mol. The number of piperazine rings is 1. The first kappa shape index (κ1) is 21.2. The molecule has 0 aromatic heterocycles. The normalized spacial score (nSPS) is 15.9. The SMILES string of the molecule is CCNC(=NCCCOC)N1CCN(Cc2ccccc2)CC1.I. The van der Waals surface area contributed by atoms with E-state index in [0.717, 1.165) is 64.8 Å². The Balaban J connectivity index is 0.00000288. The molecule has 1 aliphatic heterocycles. The first-order valence-electron chi connectivity index (χ1n) is 8.62. The van der Waals surface area contributed by atoms with Crippen LogP contribution >= 0.6 is 24.0 Å². The Labute approximate surface area is 163 Å². The highest BCUT2D eigenvalue weighted by Crippen LogP contribution is 2.08. The largest absolute Gasteiger partial charge is 0.385 e. The number of rotatable bonds is 7. The summed E-state index contributed by atoms with van der Waals surface area (Å²) in [6.07, 6.45) is 0.972. The van der Waals surface area contributed by atoms with Gasteiger partial charge in [-0.25, -0.2) is 0 Å². The molecule has 0 amide bonds. The quantitative estimate of drug-likeness (QED) is 0.302. The number of guanidine groups is 1. The fraction of sp³-hybridized carbons (Fsp3) is 0.611. The van der Waals surface area contributed by atoms with Crippen LogP contribution in [0.1, 0.15) is 18.9 Å². The van der Waals surface area contributed by atoms with E-state index in [0.29, 0.717) is 0 Å². The number of benzene rings is 1. The van der Waals surface area contributed by atoms with Crippen molar-refractivity contribution in [3.05, 3.63) is 35.9 Å². The van der Waals surface area contributed by atoms with Crippen LogP contribution in [0.25, 0.3) is 0 Å². The van der Waals surface area contributed by atoms with Gasteiger partial charge in [-0.1, -0.05) is 30.3 Å². The number of aliphatic imine (C=N–C) groups is 1. The zero-order chi connectivity index (χ0) is 16.3. The van der Waals surface area contributed by atoms with Gasteiger partial charge in [-0.2, -0.15) is 0 Å². The van der Waals surface area contributed by atoms with Gasteiger partial charge < -0.3 is 15.0 Å². The highest BCUT2D eigenvalue weighted by molar-refractivity contribution is 14.0. The summed E-state index contributed by atoms with van der Waals surface area (Å²) in [5.41, 5.74) is 1.39. The lowest BCUT2D eigenvalue weighted by atomic mass is 10.2. The second-order valence-corrected chi connectivity index (χ2v) is 5.83. The van der Waals surface area contributed by atoms with Crippen molar-refractivity contribution in [1.29, 1.82) is 0 Å². The number of nitrogens with zero attached hydrogens (tertiary/aromatic N) is 3. The molecular weight excluding hydrogens is 415 g/mol. The Kier molecular flexibility index (Phi) is 11.0. The molecule has 0 atom stereocenters. The summed E-state index contributed by atoms with van der Waals surface area (Å²) in [5, 5.41) is 3.41. The lowest BCUT2D eigenvalue weighted by Gasteiger charge is -2.36. The Morgan fingerprint density at radius 1 is 1.17 bits per heavy atom. The van der Waals surface area contributed by atoms with Crippen LogP contribution in [0, 0.1) is 0 Å². The molecule has 5 nitrogen and oxygen atoms in total. The van der Waals surface area contributed by atoms with Gasteiger partial charge in [0.25, 0.3) is 0 Å². The molecule has 0 bridgehead atoms. The minimum absolute atomic E-state index is 0. The van der Waals surface area contributed by atoms with Crippen LogP contribution in [0.15, 0.2) is 35.3 Å². The van der Waals surface area contributed by atoms with Gasteiger partial charge in [0.2, 0.25) is 0 Å². The number of halogens is 1. The van der Waals surface area contributed by atoms with Crippen molar-refractivity contribution in [2.24, 2.45) is 4.99 Å². The molecule has 1 N–H and O–H groups in total. The van der Waals surface area contributed by atoms with Gasteiger partial charge in [-0.3, -0.25) is 9.89 Å². The molecule has 1 aromatic carbocycles. The second-order valence-electron chi connectivity index (χ2n) is 5.83. The fourth-order valence-electron chi connectivity index (χ4n) is 2.78. The van der Waals surface area contributed by atoms with Crippen molar-refractivity contribution in [1.82, 2.24) is 15.1 Å². The molecule has 0 saturated carbocycles. The summed E-state index contributed by atoms with van der Waals surface area (Å²) in [7, 11) is 1.74. The van der Waals surface area contributed by atoms with Crippen LogP contribution in [0.2, 0.25) is 0 Å². The van der Waals surface area contributed by atoms with Gasteiger partial charge in [-0.15, -0.1) is 24.0 Å². The average Bonchev–Trinajstić information content (AvgIpc) is 2.59. The van der Waals surface area contributed by atoms with Crippen molar-refractivity contribution in [3.8, 4) is 0 Å². The third-order valence-corrected chi connectivity index (χ3v) is 4.02. The van der Waals surface area contributed by atoms with E-state index in [2.05, 4.69) is 52.4 Å². The summed E-state index contributed by atoms with van der Waals surface area (Å²) in [6.45, 7) is 9.88. The lowest BCUT2D eigenvalue weighted by Crippen LogP contribution is -2.52. The van der Waals surface area contributed by atoms with Gasteiger partial charge >= 0.3 is 0 Å². The fourth-order valence-corrected chi connectivity index (χ4v) is 2.78. The van der Waals surface area contributed by atoms with E-state index < -0.39 is 0 Å². The summed E-state index contributed by atoms with van der Waals surface area (Å²) in [5.74, 6) is 1.04. The lowest BCUT2D eigenvalue weighted by molar-refractivity contribution is 0.172. The van der Waals surface area contributed by atoms with E-state index in [9.17, 15) is 0 Å². The molecule has 136 valence electrons. The topological polar surface area (TPSA) is 40.1 Å². The molecule has 1 aromatic rings. The average molecular weight is 446 g/mol. The highest BCUT2D eigenvalue weighted by atomic mass is 127. The molecule has 1 aliphatic rings.